The highest BCUT2D eigenvalue weighted by molar-refractivity contribution is 5.61. The van der Waals surface area contributed by atoms with Crippen LogP contribution in [0.15, 0.2) is 18.2 Å². The van der Waals surface area contributed by atoms with Crippen molar-refractivity contribution in [2.24, 2.45) is 0 Å². The summed E-state index contributed by atoms with van der Waals surface area (Å²) in [7, 11) is 7.98. The van der Waals surface area contributed by atoms with Crippen molar-refractivity contribution in [1.29, 1.82) is 0 Å². The van der Waals surface area contributed by atoms with Gasteiger partial charge in [-0.3, -0.25) is 0 Å². The van der Waals surface area contributed by atoms with Crippen molar-refractivity contribution in [3.63, 3.8) is 0 Å². The van der Waals surface area contributed by atoms with Gasteiger partial charge in [0.1, 0.15) is 0 Å². The van der Waals surface area contributed by atoms with Gasteiger partial charge in [-0.1, -0.05) is 6.07 Å². The first kappa shape index (κ1) is 14.8. The van der Waals surface area contributed by atoms with Gasteiger partial charge in [0.25, 0.3) is 0 Å². The lowest BCUT2D eigenvalue weighted by atomic mass is 10.1. The molecule has 102 valence electrons. The number of nitrogens with zero attached hydrogens (tertiary/aromatic N) is 2. The molecule has 0 saturated carbocycles. The number of hydrogen-bond acceptors (Lipinski definition) is 4. The van der Waals surface area contributed by atoms with Crippen LogP contribution in [0, 0.1) is 6.92 Å². The molecule has 4 heteroatoms. The minimum Gasteiger partial charge on any atom is -0.390 e. The van der Waals surface area contributed by atoms with Gasteiger partial charge < -0.3 is 20.2 Å². The van der Waals surface area contributed by atoms with Gasteiger partial charge in [0.05, 0.1) is 6.10 Å². The Morgan fingerprint density at radius 1 is 1.22 bits per heavy atom. The fraction of sp³-hybridized carbons (Fsp3) is 0.571. The lowest BCUT2D eigenvalue weighted by molar-refractivity contribution is 0.148. The summed E-state index contributed by atoms with van der Waals surface area (Å²) in [5, 5.41) is 13.1. The molecule has 0 aromatic heterocycles. The van der Waals surface area contributed by atoms with Crippen LogP contribution in [0.3, 0.4) is 0 Å². The van der Waals surface area contributed by atoms with Crippen LogP contribution in [-0.2, 0) is 0 Å². The van der Waals surface area contributed by atoms with E-state index in [-0.39, 0.29) is 6.10 Å². The smallest absolute Gasteiger partial charge is 0.0838 e. The van der Waals surface area contributed by atoms with Gasteiger partial charge in [0.2, 0.25) is 0 Å². The molecule has 0 amide bonds. The number of aliphatic hydroxyl groups is 1. The van der Waals surface area contributed by atoms with E-state index in [2.05, 4.69) is 29.3 Å². The summed E-state index contributed by atoms with van der Waals surface area (Å²) in [4.78, 5) is 4.07. The topological polar surface area (TPSA) is 38.7 Å². The molecule has 0 spiro atoms. The number of aliphatic hydroxyl groups excluding tert-OH is 1. The van der Waals surface area contributed by atoms with Crippen LogP contribution < -0.4 is 10.2 Å². The molecule has 2 N–H and O–H groups in total. The summed E-state index contributed by atoms with van der Waals surface area (Å²) in [5.74, 6) is 0. The minimum absolute atomic E-state index is 0.357. The maximum Gasteiger partial charge on any atom is 0.0838 e. The van der Waals surface area contributed by atoms with Gasteiger partial charge >= 0.3 is 0 Å². The Labute approximate surface area is 110 Å². The third kappa shape index (κ3) is 4.55. The van der Waals surface area contributed by atoms with Crippen molar-refractivity contribution < 1.29 is 5.11 Å². The highest BCUT2D eigenvalue weighted by Gasteiger charge is 2.06. The van der Waals surface area contributed by atoms with E-state index in [1.807, 2.05) is 39.2 Å². The quantitative estimate of drug-likeness (QED) is 0.801. The Morgan fingerprint density at radius 2 is 1.89 bits per heavy atom. The van der Waals surface area contributed by atoms with Crippen molar-refractivity contribution >= 4 is 11.4 Å². The molecule has 1 aromatic carbocycles. The first-order valence-corrected chi connectivity index (χ1v) is 6.24. The fourth-order valence-corrected chi connectivity index (χ4v) is 1.92. The number of nitrogens with one attached hydrogen (secondary N) is 1. The van der Waals surface area contributed by atoms with E-state index in [1.165, 1.54) is 11.3 Å². The number of likely N-dealkylation sites (N-methyl/N-ethyl adjacent to an activating group) is 1. The van der Waals surface area contributed by atoms with Crippen LogP contribution in [-0.4, -0.2) is 57.4 Å². The van der Waals surface area contributed by atoms with Crippen LogP contribution in [0.2, 0.25) is 0 Å². The zero-order valence-electron chi connectivity index (χ0n) is 12.1. The lowest BCUT2D eigenvalue weighted by Crippen LogP contribution is -2.31. The molecular formula is C14H25N3O. The van der Waals surface area contributed by atoms with Gasteiger partial charge in [0, 0.05) is 38.6 Å². The summed E-state index contributed by atoms with van der Waals surface area (Å²) in [5.41, 5.74) is 3.49. The molecule has 1 rings (SSSR count). The second kappa shape index (κ2) is 6.61. The van der Waals surface area contributed by atoms with Crippen LogP contribution in [0.5, 0.6) is 0 Å². The summed E-state index contributed by atoms with van der Waals surface area (Å²) < 4.78 is 0. The summed E-state index contributed by atoms with van der Waals surface area (Å²) in [6.45, 7) is 3.33. The van der Waals surface area contributed by atoms with Crippen LogP contribution >= 0.6 is 0 Å². The molecule has 0 radical (unpaired) electrons. The van der Waals surface area contributed by atoms with E-state index in [1.54, 1.807) is 0 Å². The molecule has 0 fully saturated rings. The largest absolute Gasteiger partial charge is 0.390 e. The molecule has 1 atom stereocenters. The molecule has 0 bridgehead atoms. The average Bonchev–Trinajstić information content (AvgIpc) is 2.26. The third-order valence-corrected chi connectivity index (χ3v) is 2.81. The maximum atomic E-state index is 9.80. The Hall–Kier alpha value is -1.26. The molecule has 0 saturated heterocycles. The third-order valence-electron chi connectivity index (χ3n) is 2.81. The van der Waals surface area contributed by atoms with Crippen LogP contribution in [0.4, 0.5) is 11.4 Å². The van der Waals surface area contributed by atoms with E-state index in [9.17, 15) is 5.11 Å². The van der Waals surface area contributed by atoms with Crippen molar-refractivity contribution in [3.05, 3.63) is 23.8 Å². The molecule has 4 nitrogen and oxygen atoms in total. The Kier molecular flexibility index (Phi) is 5.44. The number of rotatable bonds is 6. The molecule has 1 unspecified atom stereocenters. The van der Waals surface area contributed by atoms with Crippen LogP contribution in [0.25, 0.3) is 0 Å². The van der Waals surface area contributed by atoms with Gasteiger partial charge in [-0.05, 0) is 38.7 Å². The maximum absolute atomic E-state index is 9.80. The van der Waals surface area contributed by atoms with Gasteiger partial charge in [-0.15, -0.1) is 0 Å². The highest BCUT2D eigenvalue weighted by Crippen LogP contribution is 2.22. The Bertz CT molecular complexity index is 377. The van der Waals surface area contributed by atoms with E-state index < -0.39 is 0 Å². The average molecular weight is 251 g/mol. The summed E-state index contributed by atoms with van der Waals surface area (Å²) in [6.07, 6.45) is -0.357. The number of benzene rings is 1. The SMILES string of the molecule is Cc1ccc(NCC(O)CN(C)C)cc1N(C)C. The molecule has 0 aliphatic heterocycles. The molecule has 18 heavy (non-hydrogen) atoms. The lowest BCUT2D eigenvalue weighted by Gasteiger charge is -2.19. The molecule has 1 aromatic rings. The zero-order chi connectivity index (χ0) is 13.7. The zero-order valence-corrected chi connectivity index (χ0v) is 12.1. The van der Waals surface area contributed by atoms with E-state index in [0.717, 1.165) is 5.69 Å². The Balaban J connectivity index is 2.60. The van der Waals surface area contributed by atoms with Gasteiger partial charge in [-0.2, -0.15) is 0 Å². The second-order valence-electron chi connectivity index (χ2n) is 5.19. The normalized spacial score (nSPS) is 12.6. The van der Waals surface area contributed by atoms with Crippen molar-refractivity contribution in [2.45, 2.75) is 13.0 Å². The van der Waals surface area contributed by atoms with Gasteiger partial charge in [0.15, 0.2) is 0 Å². The summed E-state index contributed by atoms with van der Waals surface area (Å²) >= 11 is 0. The number of anilines is 2. The number of hydrogen-bond donors (Lipinski definition) is 2. The van der Waals surface area contributed by atoms with E-state index in [0.29, 0.717) is 13.1 Å². The van der Waals surface area contributed by atoms with Crippen molar-refractivity contribution in [1.82, 2.24) is 4.90 Å². The fourth-order valence-electron chi connectivity index (χ4n) is 1.92. The first-order chi connectivity index (χ1) is 8.40. The first-order valence-electron chi connectivity index (χ1n) is 6.24. The predicted molar refractivity (Wildman–Crippen MR) is 78.6 cm³/mol. The molecular weight excluding hydrogens is 226 g/mol. The molecule has 0 aliphatic rings. The van der Waals surface area contributed by atoms with Crippen LogP contribution in [0.1, 0.15) is 5.56 Å². The number of aryl methyl sites for hydroxylation is 1. The van der Waals surface area contributed by atoms with E-state index in [4.69, 9.17) is 0 Å². The Morgan fingerprint density at radius 3 is 2.44 bits per heavy atom. The van der Waals surface area contributed by atoms with Crippen molar-refractivity contribution in [3.8, 4) is 0 Å². The molecule has 0 heterocycles. The minimum atomic E-state index is -0.357. The van der Waals surface area contributed by atoms with E-state index >= 15 is 0 Å². The predicted octanol–water partition coefficient (Wildman–Crippen LogP) is 1.40. The highest BCUT2D eigenvalue weighted by atomic mass is 16.3. The second-order valence-corrected chi connectivity index (χ2v) is 5.19. The standard InChI is InChI=1S/C14H25N3O/c1-11-6-7-12(8-14(11)17(4)5)15-9-13(18)10-16(2)3/h6-8,13,15,18H,9-10H2,1-5H3. The molecule has 0 aliphatic carbocycles. The monoisotopic (exact) mass is 251 g/mol. The van der Waals surface area contributed by atoms with Gasteiger partial charge in [-0.25, -0.2) is 0 Å². The summed E-state index contributed by atoms with van der Waals surface area (Å²) in [6, 6.07) is 6.25. The van der Waals surface area contributed by atoms with Crippen molar-refractivity contribution in [2.75, 3.05) is 51.5 Å².